The van der Waals surface area contributed by atoms with Crippen LogP contribution in [0.25, 0.3) is 6.08 Å². The molecule has 3 aromatic carbocycles. The van der Waals surface area contributed by atoms with Crippen LogP contribution in [0.15, 0.2) is 82.6 Å². The molecule has 3 aromatic rings. The van der Waals surface area contributed by atoms with Crippen molar-refractivity contribution < 1.29 is 14.5 Å². The van der Waals surface area contributed by atoms with E-state index in [2.05, 4.69) is 24.4 Å². The lowest BCUT2D eigenvalue weighted by Crippen LogP contribution is -3.10. The van der Waals surface area contributed by atoms with Gasteiger partial charge in [-0.25, -0.2) is 0 Å². The first-order chi connectivity index (χ1) is 17.6. The Morgan fingerprint density at radius 3 is 2.61 bits per heavy atom. The van der Waals surface area contributed by atoms with Crippen LogP contribution >= 0.6 is 11.8 Å². The highest BCUT2D eigenvalue weighted by atomic mass is 32.2. The Kier molecular flexibility index (Phi) is 7.54. The summed E-state index contributed by atoms with van der Waals surface area (Å²) in [6, 6.07) is 23.8. The second kappa shape index (κ2) is 11.1. The van der Waals surface area contributed by atoms with Crippen molar-refractivity contribution in [3.05, 3.63) is 100.0 Å². The molecule has 2 aliphatic heterocycles. The Hall–Kier alpha value is -3.35. The van der Waals surface area contributed by atoms with Gasteiger partial charge in [0.25, 0.3) is 11.8 Å². The largest absolute Gasteiger partial charge is 0.346 e. The van der Waals surface area contributed by atoms with E-state index in [9.17, 15) is 9.59 Å². The van der Waals surface area contributed by atoms with E-state index in [1.165, 1.54) is 37.7 Å². The first-order valence-corrected chi connectivity index (χ1v) is 13.5. The Morgan fingerprint density at radius 2 is 1.83 bits per heavy atom. The molecule has 0 atom stereocenters. The lowest BCUT2D eigenvalue weighted by Gasteiger charge is -2.31. The van der Waals surface area contributed by atoms with Crippen molar-refractivity contribution in [2.75, 3.05) is 31.1 Å². The minimum absolute atomic E-state index is 0.0481. The number of hydrogen-bond acceptors (Lipinski definition) is 3. The van der Waals surface area contributed by atoms with E-state index in [0.29, 0.717) is 23.6 Å². The van der Waals surface area contributed by atoms with Gasteiger partial charge in [-0.2, -0.15) is 0 Å². The summed E-state index contributed by atoms with van der Waals surface area (Å²) in [6.45, 7) is 6.51. The van der Waals surface area contributed by atoms with Crippen LogP contribution in [0.2, 0.25) is 0 Å². The summed E-state index contributed by atoms with van der Waals surface area (Å²) in [5.74, 6) is -0.136. The molecule has 0 saturated carbocycles. The number of nitrogens with zero attached hydrogens (tertiary/aromatic N) is 1. The van der Waals surface area contributed by atoms with Crippen molar-refractivity contribution in [2.24, 2.45) is 0 Å². The Morgan fingerprint density at radius 1 is 1.03 bits per heavy atom. The van der Waals surface area contributed by atoms with Crippen molar-refractivity contribution in [3.63, 3.8) is 0 Å². The summed E-state index contributed by atoms with van der Waals surface area (Å²) in [6.07, 6.45) is 4.50. The highest BCUT2D eigenvalue weighted by molar-refractivity contribution is 8.04. The standard InChI is InChI=1S/C30H31N3O2S/c1-22-8-7-11-24(18-22)21-33-26-20-25(29(34)31-14-17-32-15-5-6-16-32)12-13-27(26)36-28(30(33)35)19-23-9-3-2-4-10-23/h2-4,7-13,18-20H,5-6,14-17,21H2,1H3,(H,31,34)/p+1. The molecule has 0 aliphatic carbocycles. The maximum absolute atomic E-state index is 13.7. The van der Waals surface area contributed by atoms with Gasteiger partial charge in [-0.3, -0.25) is 9.59 Å². The van der Waals surface area contributed by atoms with Gasteiger partial charge in [-0.05, 0) is 42.3 Å². The maximum Gasteiger partial charge on any atom is 0.265 e. The van der Waals surface area contributed by atoms with E-state index in [1.807, 2.05) is 66.7 Å². The van der Waals surface area contributed by atoms with E-state index in [0.717, 1.165) is 33.8 Å². The van der Waals surface area contributed by atoms with Crippen LogP contribution in [-0.4, -0.2) is 38.0 Å². The molecule has 36 heavy (non-hydrogen) atoms. The number of nitrogens with one attached hydrogen (secondary N) is 2. The number of fused-ring (bicyclic) bond motifs is 1. The number of likely N-dealkylation sites (tertiary alicyclic amines) is 1. The van der Waals surface area contributed by atoms with Gasteiger partial charge < -0.3 is 15.1 Å². The highest BCUT2D eigenvalue weighted by Gasteiger charge is 2.30. The SMILES string of the molecule is Cc1cccc(CN2C(=O)C(=Cc3ccccc3)Sc3ccc(C(=O)NCC[NH+]4CCCC4)cc32)c1. The van der Waals surface area contributed by atoms with Crippen LogP contribution in [-0.2, 0) is 11.3 Å². The number of anilines is 1. The fourth-order valence-corrected chi connectivity index (χ4v) is 5.92. The molecule has 0 unspecified atom stereocenters. The zero-order valence-electron chi connectivity index (χ0n) is 20.6. The number of thioether (sulfide) groups is 1. The average molecular weight is 499 g/mol. The molecule has 5 rings (SSSR count). The number of benzene rings is 3. The number of hydrogen-bond donors (Lipinski definition) is 2. The molecule has 0 aromatic heterocycles. The Labute approximate surface area is 217 Å². The van der Waals surface area contributed by atoms with Crippen LogP contribution < -0.4 is 15.1 Å². The fraction of sp³-hybridized carbons (Fsp3) is 0.267. The van der Waals surface area contributed by atoms with Crippen molar-refractivity contribution in [1.29, 1.82) is 0 Å². The van der Waals surface area contributed by atoms with Gasteiger partial charge in [0.15, 0.2) is 0 Å². The topological polar surface area (TPSA) is 53.9 Å². The van der Waals surface area contributed by atoms with Gasteiger partial charge in [0.2, 0.25) is 0 Å². The molecule has 6 heteroatoms. The average Bonchev–Trinajstić information content (AvgIpc) is 3.40. The van der Waals surface area contributed by atoms with Gasteiger partial charge in [-0.15, -0.1) is 0 Å². The molecule has 5 nitrogen and oxygen atoms in total. The predicted octanol–water partition coefficient (Wildman–Crippen LogP) is 4.08. The highest BCUT2D eigenvalue weighted by Crippen LogP contribution is 2.43. The number of rotatable bonds is 7. The van der Waals surface area contributed by atoms with Crippen molar-refractivity contribution in [1.82, 2.24) is 5.32 Å². The number of quaternary nitrogens is 1. The Balaban J connectivity index is 1.42. The fourth-order valence-electron chi connectivity index (χ4n) is 4.88. The quantitative estimate of drug-likeness (QED) is 0.483. The molecule has 2 amide bonds. The Bertz CT molecular complexity index is 1280. The van der Waals surface area contributed by atoms with E-state index in [-0.39, 0.29) is 11.8 Å². The van der Waals surface area contributed by atoms with Gasteiger partial charge in [0.1, 0.15) is 0 Å². The smallest absolute Gasteiger partial charge is 0.265 e. The summed E-state index contributed by atoms with van der Waals surface area (Å²) in [4.78, 5) is 31.7. The zero-order valence-corrected chi connectivity index (χ0v) is 21.4. The number of aryl methyl sites for hydroxylation is 1. The van der Waals surface area contributed by atoms with Crippen LogP contribution in [0, 0.1) is 6.92 Å². The third-order valence-corrected chi connectivity index (χ3v) is 7.86. The molecule has 2 N–H and O–H groups in total. The van der Waals surface area contributed by atoms with Gasteiger partial charge in [-0.1, -0.05) is 71.9 Å². The van der Waals surface area contributed by atoms with Crippen molar-refractivity contribution in [3.8, 4) is 0 Å². The van der Waals surface area contributed by atoms with Crippen LogP contribution in [0.3, 0.4) is 0 Å². The molecular formula is C30H32N3O2S+. The first kappa shape index (κ1) is 24.3. The van der Waals surface area contributed by atoms with Crippen LogP contribution in [0.4, 0.5) is 5.69 Å². The van der Waals surface area contributed by atoms with Gasteiger partial charge in [0.05, 0.1) is 43.3 Å². The maximum atomic E-state index is 13.7. The molecule has 1 saturated heterocycles. The van der Waals surface area contributed by atoms with Gasteiger partial charge >= 0.3 is 0 Å². The summed E-state index contributed by atoms with van der Waals surface area (Å²) in [5.41, 5.74) is 4.57. The van der Waals surface area contributed by atoms with Gasteiger partial charge in [0, 0.05) is 23.3 Å². The molecule has 2 aliphatic rings. The van der Waals surface area contributed by atoms with E-state index in [4.69, 9.17) is 0 Å². The summed E-state index contributed by atoms with van der Waals surface area (Å²) in [5, 5.41) is 3.08. The molecule has 184 valence electrons. The molecule has 1 fully saturated rings. The molecule has 0 bridgehead atoms. The lowest BCUT2D eigenvalue weighted by molar-refractivity contribution is -0.886. The van der Waals surface area contributed by atoms with Crippen LogP contribution in [0.1, 0.15) is 39.9 Å². The third-order valence-electron chi connectivity index (χ3n) is 6.78. The summed E-state index contributed by atoms with van der Waals surface area (Å²) < 4.78 is 0. The lowest BCUT2D eigenvalue weighted by atomic mass is 10.1. The second-order valence-corrected chi connectivity index (χ2v) is 10.6. The molecular weight excluding hydrogens is 466 g/mol. The van der Waals surface area contributed by atoms with E-state index in [1.54, 1.807) is 9.80 Å². The summed E-state index contributed by atoms with van der Waals surface area (Å²) >= 11 is 1.47. The third kappa shape index (κ3) is 5.72. The first-order valence-electron chi connectivity index (χ1n) is 12.6. The normalized spacial score (nSPS) is 16.9. The zero-order chi connectivity index (χ0) is 24.9. The number of amides is 2. The molecule has 0 spiro atoms. The minimum Gasteiger partial charge on any atom is -0.346 e. The minimum atomic E-state index is -0.0880. The molecule has 0 radical (unpaired) electrons. The monoisotopic (exact) mass is 498 g/mol. The van der Waals surface area contributed by atoms with E-state index < -0.39 is 0 Å². The van der Waals surface area contributed by atoms with Crippen LogP contribution in [0.5, 0.6) is 0 Å². The summed E-state index contributed by atoms with van der Waals surface area (Å²) in [7, 11) is 0. The second-order valence-electron chi connectivity index (χ2n) is 9.55. The van der Waals surface area contributed by atoms with E-state index >= 15 is 0 Å². The molecule has 2 heterocycles. The number of carbonyl (C=O) groups is 2. The van der Waals surface area contributed by atoms with Crippen molar-refractivity contribution >= 4 is 35.3 Å². The number of carbonyl (C=O) groups excluding carboxylic acids is 2. The predicted molar refractivity (Wildman–Crippen MR) is 146 cm³/mol. The van der Waals surface area contributed by atoms with Crippen molar-refractivity contribution in [2.45, 2.75) is 31.2 Å².